The highest BCUT2D eigenvalue weighted by molar-refractivity contribution is 7.80. The molecule has 0 aromatic rings. The first-order valence-corrected chi connectivity index (χ1v) is 4.69. The van der Waals surface area contributed by atoms with Crippen LogP contribution in [0.1, 0.15) is 25.7 Å². The topological polar surface area (TPSA) is 29.5 Å². The molecule has 1 rings (SSSR count). The molecular weight excluding hydrogens is 160 g/mol. The highest BCUT2D eigenvalue weighted by atomic mass is 32.1. The minimum absolute atomic E-state index is 0.237. The molecule has 3 heteroatoms. The lowest BCUT2D eigenvalue weighted by atomic mass is 9.84. The summed E-state index contributed by atoms with van der Waals surface area (Å²) in [5.74, 6) is 0.548. The van der Waals surface area contributed by atoms with E-state index in [0.29, 0.717) is 5.75 Å². The van der Waals surface area contributed by atoms with Crippen molar-refractivity contribution < 1.29 is 9.84 Å². The molecule has 1 fully saturated rings. The van der Waals surface area contributed by atoms with Gasteiger partial charge in [-0.2, -0.15) is 12.6 Å². The number of thiol groups is 1. The lowest BCUT2D eigenvalue weighted by Crippen LogP contribution is -2.39. The first kappa shape index (κ1) is 9.36. The third-order valence-electron chi connectivity index (χ3n) is 2.40. The molecule has 0 aliphatic heterocycles. The molecule has 0 aromatic heterocycles. The zero-order valence-corrected chi connectivity index (χ0v) is 7.81. The standard InChI is InChI=1S/C8H16O2S/c1-10-7-3-2-4-8(9,5-7)6-11/h7,9,11H,2-6H2,1H3. The predicted octanol–water partition coefficient (Wildman–Crippen LogP) is 1.24. The molecule has 0 heterocycles. The zero-order chi connectivity index (χ0) is 8.32. The molecular formula is C8H16O2S. The smallest absolute Gasteiger partial charge is 0.0759 e. The number of ether oxygens (including phenoxy) is 1. The Labute approximate surface area is 73.4 Å². The van der Waals surface area contributed by atoms with Crippen LogP contribution in [0, 0.1) is 0 Å². The van der Waals surface area contributed by atoms with Gasteiger partial charge in [0.25, 0.3) is 0 Å². The van der Waals surface area contributed by atoms with Crippen molar-refractivity contribution in [3.8, 4) is 0 Å². The van der Waals surface area contributed by atoms with Crippen LogP contribution in [-0.2, 0) is 4.74 Å². The minimum atomic E-state index is -0.567. The number of rotatable bonds is 2. The first-order chi connectivity index (χ1) is 5.20. The maximum atomic E-state index is 9.83. The van der Waals surface area contributed by atoms with Crippen molar-refractivity contribution in [2.24, 2.45) is 0 Å². The molecule has 0 amide bonds. The maximum Gasteiger partial charge on any atom is 0.0759 e. The average molecular weight is 176 g/mol. The van der Waals surface area contributed by atoms with Gasteiger partial charge in [-0.25, -0.2) is 0 Å². The first-order valence-electron chi connectivity index (χ1n) is 4.06. The van der Waals surface area contributed by atoms with E-state index in [9.17, 15) is 5.11 Å². The number of aliphatic hydroxyl groups is 1. The second-order valence-corrected chi connectivity index (χ2v) is 3.65. The van der Waals surface area contributed by atoms with Crippen LogP contribution in [0.25, 0.3) is 0 Å². The summed E-state index contributed by atoms with van der Waals surface area (Å²) in [5, 5.41) is 9.83. The summed E-state index contributed by atoms with van der Waals surface area (Å²) in [6, 6.07) is 0. The minimum Gasteiger partial charge on any atom is -0.389 e. The van der Waals surface area contributed by atoms with Gasteiger partial charge in [-0.05, 0) is 19.3 Å². The molecule has 2 nitrogen and oxygen atoms in total. The Kier molecular flexibility index (Phi) is 3.22. The van der Waals surface area contributed by atoms with Gasteiger partial charge in [-0.1, -0.05) is 0 Å². The van der Waals surface area contributed by atoms with Gasteiger partial charge in [-0.15, -0.1) is 0 Å². The SMILES string of the molecule is COC1CCCC(O)(CS)C1. The van der Waals surface area contributed by atoms with Crippen molar-refractivity contribution in [2.75, 3.05) is 12.9 Å². The number of hydrogen-bond donors (Lipinski definition) is 2. The molecule has 0 aromatic carbocycles. The van der Waals surface area contributed by atoms with Gasteiger partial charge < -0.3 is 9.84 Å². The monoisotopic (exact) mass is 176 g/mol. The van der Waals surface area contributed by atoms with Gasteiger partial charge in [0.2, 0.25) is 0 Å². The maximum absolute atomic E-state index is 9.83. The van der Waals surface area contributed by atoms with E-state index in [1.165, 1.54) is 0 Å². The Morgan fingerprint density at radius 1 is 1.73 bits per heavy atom. The fourth-order valence-electron chi connectivity index (χ4n) is 1.63. The molecule has 1 N–H and O–H groups in total. The van der Waals surface area contributed by atoms with Crippen molar-refractivity contribution in [3.05, 3.63) is 0 Å². The molecule has 0 spiro atoms. The van der Waals surface area contributed by atoms with Crippen LogP contribution in [0.3, 0.4) is 0 Å². The average Bonchev–Trinajstić information content (AvgIpc) is 2.05. The van der Waals surface area contributed by atoms with Crippen LogP contribution in [-0.4, -0.2) is 29.7 Å². The normalized spacial score (nSPS) is 39.0. The summed E-state index contributed by atoms with van der Waals surface area (Å²) in [5.41, 5.74) is -0.567. The fraction of sp³-hybridized carbons (Fsp3) is 1.00. The molecule has 2 unspecified atom stereocenters. The van der Waals surface area contributed by atoms with Gasteiger partial charge in [0, 0.05) is 19.3 Å². The summed E-state index contributed by atoms with van der Waals surface area (Å²) in [6.07, 6.45) is 3.98. The molecule has 0 bridgehead atoms. The Hall–Kier alpha value is 0.270. The second kappa shape index (κ2) is 3.78. The highest BCUT2D eigenvalue weighted by Crippen LogP contribution is 2.30. The third kappa shape index (κ3) is 2.36. The van der Waals surface area contributed by atoms with Crippen LogP contribution in [0.15, 0.2) is 0 Å². The van der Waals surface area contributed by atoms with Gasteiger partial charge in [0.05, 0.1) is 11.7 Å². The Morgan fingerprint density at radius 2 is 2.45 bits per heavy atom. The Bertz CT molecular complexity index is 129. The van der Waals surface area contributed by atoms with Crippen LogP contribution in [0.5, 0.6) is 0 Å². The van der Waals surface area contributed by atoms with E-state index in [0.717, 1.165) is 25.7 Å². The lowest BCUT2D eigenvalue weighted by Gasteiger charge is -2.34. The largest absolute Gasteiger partial charge is 0.389 e. The lowest BCUT2D eigenvalue weighted by molar-refractivity contribution is -0.0436. The summed E-state index contributed by atoms with van der Waals surface area (Å²) < 4.78 is 5.19. The van der Waals surface area contributed by atoms with Crippen LogP contribution in [0.2, 0.25) is 0 Å². The van der Waals surface area contributed by atoms with E-state index in [1.807, 2.05) is 0 Å². The van der Waals surface area contributed by atoms with Crippen molar-refractivity contribution in [1.82, 2.24) is 0 Å². The van der Waals surface area contributed by atoms with Crippen LogP contribution < -0.4 is 0 Å². The number of hydrogen-bond acceptors (Lipinski definition) is 3. The summed E-state index contributed by atoms with van der Waals surface area (Å²) in [4.78, 5) is 0. The van der Waals surface area contributed by atoms with E-state index >= 15 is 0 Å². The Morgan fingerprint density at radius 3 is 3.00 bits per heavy atom. The molecule has 1 aliphatic rings. The molecule has 1 aliphatic carbocycles. The molecule has 11 heavy (non-hydrogen) atoms. The molecule has 0 radical (unpaired) electrons. The molecule has 1 saturated carbocycles. The summed E-state index contributed by atoms with van der Waals surface area (Å²) in [6.45, 7) is 0. The third-order valence-corrected chi connectivity index (χ3v) is 2.99. The van der Waals surface area contributed by atoms with Crippen molar-refractivity contribution in [3.63, 3.8) is 0 Å². The number of methoxy groups -OCH3 is 1. The van der Waals surface area contributed by atoms with E-state index in [1.54, 1.807) is 7.11 Å². The van der Waals surface area contributed by atoms with Gasteiger partial charge in [0.15, 0.2) is 0 Å². The summed E-state index contributed by atoms with van der Waals surface area (Å²) >= 11 is 4.12. The zero-order valence-electron chi connectivity index (χ0n) is 6.92. The van der Waals surface area contributed by atoms with Gasteiger partial charge >= 0.3 is 0 Å². The quantitative estimate of drug-likeness (QED) is 0.620. The molecule has 2 atom stereocenters. The highest BCUT2D eigenvalue weighted by Gasteiger charge is 2.32. The van der Waals surface area contributed by atoms with E-state index in [4.69, 9.17) is 4.74 Å². The molecule has 66 valence electrons. The van der Waals surface area contributed by atoms with Crippen molar-refractivity contribution in [1.29, 1.82) is 0 Å². The second-order valence-electron chi connectivity index (χ2n) is 3.34. The Balaban J connectivity index is 2.44. The van der Waals surface area contributed by atoms with Crippen LogP contribution >= 0.6 is 12.6 Å². The van der Waals surface area contributed by atoms with Gasteiger partial charge in [0.1, 0.15) is 0 Å². The van der Waals surface area contributed by atoms with Crippen molar-refractivity contribution in [2.45, 2.75) is 37.4 Å². The predicted molar refractivity (Wildman–Crippen MR) is 48.1 cm³/mol. The van der Waals surface area contributed by atoms with Crippen molar-refractivity contribution >= 4 is 12.6 Å². The van der Waals surface area contributed by atoms with E-state index in [2.05, 4.69) is 12.6 Å². The molecule has 0 saturated heterocycles. The summed E-state index contributed by atoms with van der Waals surface area (Å²) in [7, 11) is 1.70. The van der Waals surface area contributed by atoms with E-state index < -0.39 is 5.60 Å². The van der Waals surface area contributed by atoms with Gasteiger partial charge in [-0.3, -0.25) is 0 Å². The van der Waals surface area contributed by atoms with Crippen LogP contribution in [0.4, 0.5) is 0 Å². The van der Waals surface area contributed by atoms with E-state index in [-0.39, 0.29) is 6.10 Å². The fourth-order valence-corrected chi connectivity index (χ4v) is 1.92.